The second kappa shape index (κ2) is 5.44. The number of aryl methyl sites for hydroxylation is 1. The number of rotatable bonds is 5. The first-order chi connectivity index (χ1) is 8.51. The molecule has 0 radical (unpaired) electrons. The van der Waals surface area contributed by atoms with Gasteiger partial charge in [-0.15, -0.1) is 0 Å². The van der Waals surface area contributed by atoms with Crippen molar-refractivity contribution in [2.75, 3.05) is 6.66 Å². The van der Waals surface area contributed by atoms with Crippen molar-refractivity contribution in [2.45, 2.75) is 25.0 Å². The number of hydrogen-bond donors (Lipinski definition) is 4. The molecule has 2 unspecified atom stereocenters. The van der Waals surface area contributed by atoms with Gasteiger partial charge >= 0.3 is 12.7 Å². The fourth-order valence-corrected chi connectivity index (χ4v) is 4.30. The van der Waals surface area contributed by atoms with Crippen LogP contribution in [0.2, 0.25) is 0 Å². The van der Waals surface area contributed by atoms with Gasteiger partial charge in [0.25, 0.3) is 0 Å². The Morgan fingerprint density at radius 3 is 2.32 bits per heavy atom. The van der Waals surface area contributed by atoms with Gasteiger partial charge in [-0.1, -0.05) is 6.92 Å². The van der Waals surface area contributed by atoms with Gasteiger partial charge in [-0.3, -0.25) is 9.13 Å². The fourth-order valence-electron chi connectivity index (χ4n) is 1.59. The van der Waals surface area contributed by atoms with Crippen LogP contribution in [0.4, 0.5) is 0 Å². The van der Waals surface area contributed by atoms with Crippen molar-refractivity contribution in [1.29, 1.82) is 0 Å². The first kappa shape index (κ1) is 16.5. The van der Waals surface area contributed by atoms with Crippen LogP contribution in [0.25, 0.3) is 0 Å². The Kier molecular flexibility index (Phi) is 4.73. The summed E-state index contributed by atoms with van der Waals surface area (Å²) < 4.78 is 24.3. The van der Waals surface area contributed by atoms with E-state index < -0.39 is 26.6 Å². The van der Waals surface area contributed by atoms with E-state index in [4.69, 9.17) is 0 Å². The molecule has 0 amide bonds. The average Bonchev–Trinajstić information content (AvgIpc) is 2.26. The predicted octanol–water partition coefficient (Wildman–Crippen LogP) is 0.260. The molecule has 0 aliphatic rings. The monoisotopic (exact) mass is 310 g/mol. The Balaban J connectivity index is 3.23. The highest BCUT2D eigenvalue weighted by molar-refractivity contribution is 7.74. The van der Waals surface area contributed by atoms with Crippen molar-refractivity contribution in [3.8, 4) is 0 Å². The molecule has 0 spiro atoms. The van der Waals surface area contributed by atoms with Crippen LogP contribution >= 0.6 is 15.0 Å². The quantitative estimate of drug-likeness (QED) is 0.457. The summed E-state index contributed by atoms with van der Waals surface area (Å²) >= 11 is 0. The Morgan fingerprint density at radius 1 is 1.32 bits per heavy atom. The van der Waals surface area contributed by atoms with Gasteiger partial charge in [-0.25, -0.2) is 4.57 Å². The lowest BCUT2D eigenvalue weighted by atomic mass is 10.2. The van der Waals surface area contributed by atoms with Crippen LogP contribution in [0.3, 0.4) is 0 Å². The minimum atomic E-state index is -5.18. The van der Waals surface area contributed by atoms with Crippen LogP contribution in [0, 0.1) is 0 Å². The zero-order chi connectivity index (χ0) is 14.9. The van der Waals surface area contributed by atoms with E-state index in [-0.39, 0.29) is 0 Å². The predicted molar refractivity (Wildman–Crippen MR) is 68.8 cm³/mol. The molecule has 9 heteroatoms. The molecule has 1 aromatic heterocycles. The molecule has 1 heterocycles. The molecule has 1 rings (SSSR count). The van der Waals surface area contributed by atoms with E-state index in [0.717, 1.165) is 12.2 Å². The number of aromatic nitrogens is 1. The second-order valence-electron chi connectivity index (χ2n) is 4.44. The summed E-state index contributed by atoms with van der Waals surface area (Å²) in [6.45, 7) is 1.97. The van der Waals surface area contributed by atoms with E-state index in [2.05, 4.69) is 0 Å². The Labute approximate surface area is 111 Å². The normalized spacial score (nSPS) is 18.6. The Hall–Kier alpha value is -0.550. The van der Waals surface area contributed by atoms with Crippen molar-refractivity contribution in [2.24, 2.45) is 0 Å². The highest BCUT2D eigenvalue weighted by Gasteiger charge is 2.60. The van der Waals surface area contributed by atoms with E-state index >= 15 is 0 Å². The molecule has 0 aliphatic carbocycles. The lowest BCUT2D eigenvalue weighted by Crippen LogP contribution is -2.47. The van der Waals surface area contributed by atoms with Crippen LogP contribution in [0.15, 0.2) is 24.5 Å². The summed E-state index contributed by atoms with van der Waals surface area (Å²) in [6, 6.07) is 3.44. The SMILES string of the molecule is CCc1ccc[n+](CC(O)(P(C)(=O)O)P(=O)(O)O)c1. The van der Waals surface area contributed by atoms with Crippen molar-refractivity contribution >= 4 is 15.0 Å². The maximum atomic E-state index is 11.6. The molecule has 0 saturated carbocycles. The minimum Gasteiger partial charge on any atom is -0.365 e. The zero-order valence-corrected chi connectivity index (χ0v) is 12.5. The smallest absolute Gasteiger partial charge is 0.365 e. The summed E-state index contributed by atoms with van der Waals surface area (Å²) in [5.74, 6) is 0. The standard InChI is InChI=1S/C10H17NO6P2/c1-3-9-5-4-6-11(7-9)8-10(12,18(2,13)14)19(15,16)17/h4-7,12H,3,8H2,1-2H3,(H2-,13,14,15,16,17)/p+1. The van der Waals surface area contributed by atoms with Gasteiger partial charge in [-0.05, 0) is 12.5 Å². The lowest BCUT2D eigenvalue weighted by molar-refractivity contribution is -0.703. The van der Waals surface area contributed by atoms with Gasteiger partial charge in [0.05, 0.1) is 0 Å². The Morgan fingerprint density at radius 2 is 1.89 bits per heavy atom. The average molecular weight is 310 g/mol. The maximum absolute atomic E-state index is 11.6. The number of aliphatic hydroxyl groups is 1. The molecule has 0 saturated heterocycles. The summed E-state index contributed by atoms with van der Waals surface area (Å²) in [5.41, 5.74) is 0.874. The van der Waals surface area contributed by atoms with Gasteiger partial charge in [0.2, 0.25) is 7.37 Å². The van der Waals surface area contributed by atoms with Crippen LogP contribution in [0.1, 0.15) is 12.5 Å². The van der Waals surface area contributed by atoms with Gasteiger partial charge < -0.3 is 19.8 Å². The minimum absolute atomic E-state index is 0.657. The number of nitrogens with zero attached hydrogens (tertiary/aromatic N) is 1. The second-order valence-corrected chi connectivity index (χ2v) is 9.11. The molecule has 0 aromatic carbocycles. The molecule has 7 nitrogen and oxygen atoms in total. The highest BCUT2D eigenvalue weighted by atomic mass is 31.2. The van der Waals surface area contributed by atoms with Crippen LogP contribution in [0.5, 0.6) is 0 Å². The van der Waals surface area contributed by atoms with E-state index in [1.165, 1.54) is 10.8 Å². The molecular weight excluding hydrogens is 292 g/mol. The van der Waals surface area contributed by atoms with Gasteiger partial charge in [0.15, 0.2) is 18.9 Å². The number of hydrogen-bond acceptors (Lipinski definition) is 3. The topological polar surface area (TPSA) is 119 Å². The van der Waals surface area contributed by atoms with E-state index in [1.54, 1.807) is 18.3 Å². The molecule has 0 bridgehead atoms. The maximum Gasteiger partial charge on any atom is 0.373 e. The van der Waals surface area contributed by atoms with Crippen molar-refractivity contribution < 1.29 is 33.5 Å². The first-order valence-electron chi connectivity index (χ1n) is 5.57. The van der Waals surface area contributed by atoms with E-state index in [1.807, 2.05) is 6.92 Å². The largest absolute Gasteiger partial charge is 0.373 e. The summed E-state index contributed by atoms with van der Waals surface area (Å²) in [4.78, 5) is 27.8. The van der Waals surface area contributed by atoms with Gasteiger partial charge in [0, 0.05) is 18.3 Å². The van der Waals surface area contributed by atoms with E-state index in [0.29, 0.717) is 6.42 Å². The van der Waals surface area contributed by atoms with Crippen LogP contribution in [-0.2, 0) is 22.1 Å². The van der Waals surface area contributed by atoms with Crippen molar-refractivity contribution in [1.82, 2.24) is 0 Å². The molecule has 108 valence electrons. The highest BCUT2D eigenvalue weighted by Crippen LogP contribution is 2.67. The molecule has 0 fully saturated rings. The van der Waals surface area contributed by atoms with E-state index in [9.17, 15) is 28.9 Å². The third-order valence-corrected chi connectivity index (χ3v) is 7.29. The fraction of sp³-hybridized carbons (Fsp3) is 0.500. The van der Waals surface area contributed by atoms with Crippen LogP contribution < -0.4 is 4.57 Å². The lowest BCUT2D eigenvalue weighted by Gasteiger charge is -2.27. The van der Waals surface area contributed by atoms with Crippen molar-refractivity contribution in [3.05, 3.63) is 30.1 Å². The van der Waals surface area contributed by atoms with Gasteiger partial charge in [0.1, 0.15) is 0 Å². The summed E-state index contributed by atoms with van der Waals surface area (Å²) in [6.07, 6.45) is 3.73. The molecule has 0 aliphatic heterocycles. The zero-order valence-electron chi connectivity index (χ0n) is 10.7. The van der Waals surface area contributed by atoms with Crippen molar-refractivity contribution in [3.63, 3.8) is 0 Å². The summed E-state index contributed by atoms with van der Waals surface area (Å²) in [5, 5.41) is 7.02. The van der Waals surface area contributed by atoms with Crippen LogP contribution in [-0.4, -0.2) is 31.5 Å². The first-order valence-corrected chi connectivity index (χ1v) is 9.29. The molecule has 2 atom stereocenters. The Bertz CT molecular complexity index is 527. The molecular formula is C10H18NO6P2+. The van der Waals surface area contributed by atoms with Gasteiger partial charge in [-0.2, -0.15) is 0 Å². The number of pyridine rings is 1. The molecule has 19 heavy (non-hydrogen) atoms. The molecule has 4 N–H and O–H groups in total. The molecule has 1 aromatic rings. The third-order valence-electron chi connectivity index (χ3n) is 2.85. The summed E-state index contributed by atoms with van der Waals surface area (Å²) in [7, 11) is -9.60. The third kappa shape index (κ3) is 3.51.